The molecule has 1 fully saturated rings. The van der Waals surface area contributed by atoms with Gasteiger partial charge in [-0.2, -0.15) is 5.10 Å². The number of benzene rings is 1. The fraction of sp³-hybridized carbons (Fsp3) is 0.182. The summed E-state index contributed by atoms with van der Waals surface area (Å²) in [5.74, 6) is -0.0401. The van der Waals surface area contributed by atoms with Crippen molar-refractivity contribution in [1.29, 1.82) is 0 Å². The van der Waals surface area contributed by atoms with Crippen LogP contribution in [0.15, 0.2) is 34.5 Å². The molecule has 0 aliphatic carbocycles. The van der Waals surface area contributed by atoms with Gasteiger partial charge in [0.05, 0.1) is 11.5 Å². The summed E-state index contributed by atoms with van der Waals surface area (Å²) in [4.78, 5) is 11.2. The van der Waals surface area contributed by atoms with Crippen molar-refractivity contribution in [3.05, 3.63) is 34.9 Å². The number of rotatable bonds is 2. The predicted molar refractivity (Wildman–Crippen MR) is 71.7 cm³/mol. The van der Waals surface area contributed by atoms with Gasteiger partial charge in [0.15, 0.2) is 5.17 Å². The van der Waals surface area contributed by atoms with Crippen LogP contribution in [0.3, 0.4) is 0 Å². The van der Waals surface area contributed by atoms with Crippen LogP contribution in [-0.2, 0) is 4.79 Å². The highest BCUT2D eigenvalue weighted by Gasteiger charge is 2.25. The lowest BCUT2D eigenvalue weighted by molar-refractivity contribution is -0.118. The lowest BCUT2D eigenvalue weighted by atomic mass is 10.2. The van der Waals surface area contributed by atoms with Gasteiger partial charge in [0.25, 0.3) is 0 Å². The number of thioether (sulfide) groups is 1. The summed E-state index contributed by atoms with van der Waals surface area (Å²) in [5.41, 5.74) is 0.792. The molecular formula is C11H10ClN3OS. The third kappa shape index (κ3) is 3.08. The van der Waals surface area contributed by atoms with Gasteiger partial charge in [-0.1, -0.05) is 41.6 Å². The summed E-state index contributed by atoms with van der Waals surface area (Å²) in [6.07, 6.45) is 1.56. The molecule has 0 unspecified atom stereocenters. The van der Waals surface area contributed by atoms with Gasteiger partial charge in [-0.05, 0) is 13.0 Å². The summed E-state index contributed by atoms with van der Waals surface area (Å²) in [6, 6.07) is 7.34. The van der Waals surface area contributed by atoms with Crippen LogP contribution in [0.2, 0.25) is 5.02 Å². The first-order valence-electron chi connectivity index (χ1n) is 5.00. The van der Waals surface area contributed by atoms with Crippen molar-refractivity contribution in [3.8, 4) is 0 Å². The van der Waals surface area contributed by atoms with Gasteiger partial charge in [0, 0.05) is 10.6 Å². The molecule has 1 aliphatic heterocycles. The zero-order valence-corrected chi connectivity index (χ0v) is 10.6. The van der Waals surface area contributed by atoms with E-state index in [9.17, 15) is 4.79 Å². The van der Waals surface area contributed by atoms with Crippen molar-refractivity contribution < 1.29 is 4.79 Å². The van der Waals surface area contributed by atoms with Crippen LogP contribution in [0.5, 0.6) is 0 Å². The molecule has 4 nitrogen and oxygen atoms in total. The maximum atomic E-state index is 11.2. The molecule has 1 aromatic rings. The highest BCUT2D eigenvalue weighted by Crippen LogP contribution is 2.18. The van der Waals surface area contributed by atoms with Crippen LogP contribution in [0.4, 0.5) is 0 Å². The van der Waals surface area contributed by atoms with Gasteiger partial charge < -0.3 is 5.32 Å². The minimum atomic E-state index is -0.107. The van der Waals surface area contributed by atoms with Gasteiger partial charge in [0.2, 0.25) is 5.91 Å². The smallest absolute Gasteiger partial charge is 0.239 e. The fourth-order valence-electron chi connectivity index (χ4n) is 1.23. The van der Waals surface area contributed by atoms with Crippen molar-refractivity contribution in [2.24, 2.45) is 10.2 Å². The number of amidine groups is 1. The zero-order valence-electron chi connectivity index (χ0n) is 9.05. The molecule has 1 amide bonds. The van der Waals surface area contributed by atoms with Gasteiger partial charge in [0.1, 0.15) is 0 Å². The minimum Gasteiger partial charge on any atom is -0.303 e. The summed E-state index contributed by atoms with van der Waals surface area (Å²) in [7, 11) is 0. The molecule has 88 valence electrons. The lowest BCUT2D eigenvalue weighted by Gasteiger charge is -1.94. The quantitative estimate of drug-likeness (QED) is 0.660. The van der Waals surface area contributed by atoms with Gasteiger partial charge in [-0.25, -0.2) is 0 Å². The number of hydrogen-bond donors (Lipinski definition) is 1. The molecule has 1 aromatic carbocycles. The first-order chi connectivity index (χ1) is 8.16. The predicted octanol–water partition coefficient (Wildman–Crippen LogP) is 2.28. The Morgan fingerprint density at radius 2 is 2.24 bits per heavy atom. The molecule has 0 spiro atoms. The monoisotopic (exact) mass is 267 g/mol. The Morgan fingerprint density at radius 3 is 2.88 bits per heavy atom. The third-order valence-corrected chi connectivity index (χ3v) is 3.46. The minimum absolute atomic E-state index is 0.0401. The summed E-state index contributed by atoms with van der Waals surface area (Å²) in [6.45, 7) is 1.82. The summed E-state index contributed by atoms with van der Waals surface area (Å²) < 4.78 is 0. The first-order valence-corrected chi connectivity index (χ1v) is 6.25. The Hall–Kier alpha value is -1.33. The molecule has 1 N–H and O–H groups in total. The second-order valence-corrected chi connectivity index (χ2v) is 5.16. The van der Waals surface area contributed by atoms with E-state index in [1.807, 2.05) is 25.1 Å². The second-order valence-electron chi connectivity index (χ2n) is 3.42. The molecule has 0 radical (unpaired) electrons. The molecule has 1 atom stereocenters. The van der Waals surface area contributed by atoms with Crippen LogP contribution >= 0.6 is 23.4 Å². The van der Waals surface area contributed by atoms with Crippen molar-refractivity contribution in [2.75, 3.05) is 0 Å². The largest absolute Gasteiger partial charge is 0.303 e. The number of carbonyl (C=O) groups is 1. The second kappa shape index (κ2) is 5.33. The number of carbonyl (C=O) groups excluding carboxylic acids is 1. The van der Waals surface area contributed by atoms with Gasteiger partial charge >= 0.3 is 0 Å². The number of hydrogen-bond acceptors (Lipinski definition) is 4. The Morgan fingerprint density at radius 1 is 1.47 bits per heavy atom. The molecule has 1 heterocycles. The molecule has 17 heavy (non-hydrogen) atoms. The van der Waals surface area contributed by atoms with Crippen molar-refractivity contribution in [1.82, 2.24) is 5.32 Å². The van der Waals surface area contributed by atoms with Crippen LogP contribution < -0.4 is 5.32 Å². The standard InChI is InChI=1S/C11H10ClN3OS/c1-7-10(16)14-11(17-7)15-13-6-8-4-2-3-5-9(8)12/h2-7H,1H3,(H,14,15,16)/b13-6+/t7-/m1/s1. The van der Waals surface area contributed by atoms with Crippen LogP contribution in [-0.4, -0.2) is 22.5 Å². The number of amides is 1. The highest BCUT2D eigenvalue weighted by molar-refractivity contribution is 8.15. The van der Waals surface area contributed by atoms with Gasteiger partial charge in [-0.3, -0.25) is 4.79 Å². The van der Waals surface area contributed by atoms with E-state index in [1.165, 1.54) is 11.8 Å². The molecule has 0 saturated carbocycles. The van der Waals surface area contributed by atoms with E-state index in [1.54, 1.807) is 12.3 Å². The third-order valence-electron chi connectivity index (χ3n) is 2.14. The van der Waals surface area contributed by atoms with Gasteiger partial charge in [-0.15, -0.1) is 5.10 Å². The Balaban J connectivity index is 2.06. The molecule has 0 bridgehead atoms. The number of nitrogens with one attached hydrogen (secondary N) is 1. The van der Waals surface area contributed by atoms with E-state index < -0.39 is 0 Å². The zero-order chi connectivity index (χ0) is 12.3. The highest BCUT2D eigenvalue weighted by atomic mass is 35.5. The van der Waals surface area contributed by atoms with E-state index >= 15 is 0 Å². The van der Waals surface area contributed by atoms with E-state index in [2.05, 4.69) is 15.5 Å². The summed E-state index contributed by atoms with van der Waals surface area (Å²) >= 11 is 7.31. The Labute approximate surface area is 108 Å². The maximum absolute atomic E-state index is 11.2. The molecule has 0 aromatic heterocycles. The number of halogens is 1. The van der Waals surface area contributed by atoms with Crippen LogP contribution in [0.25, 0.3) is 0 Å². The summed E-state index contributed by atoms with van der Waals surface area (Å²) in [5, 5.41) is 11.5. The lowest BCUT2D eigenvalue weighted by Crippen LogP contribution is -2.23. The average molecular weight is 268 g/mol. The van der Waals surface area contributed by atoms with Crippen LogP contribution in [0.1, 0.15) is 12.5 Å². The van der Waals surface area contributed by atoms with Crippen LogP contribution in [0, 0.1) is 0 Å². The van der Waals surface area contributed by atoms with E-state index in [4.69, 9.17) is 11.6 Å². The molecule has 1 saturated heterocycles. The Kier molecular flexibility index (Phi) is 3.81. The van der Waals surface area contributed by atoms with E-state index in [0.717, 1.165) is 5.56 Å². The maximum Gasteiger partial charge on any atom is 0.239 e. The molecule has 6 heteroatoms. The SMILES string of the molecule is C[C@H]1S/C(=N\N=C\c2ccccc2Cl)NC1=O. The normalized spacial score (nSPS) is 22.4. The first kappa shape index (κ1) is 12.1. The number of nitrogens with zero attached hydrogens (tertiary/aromatic N) is 2. The van der Waals surface area contributed by atoms with Crippen molar-refractivity contribution in [3.63, 3.8) is 0 Å². The fourth-order valence-corrected chi connectivity index (χ4v) is 2.17. The molecule has 2 rings (SSSR count). The van der Waals surface area contributed by atoms with E-state index in [-0.39, 0.29) is 11.2 Å². The molecule has 1 aliphatic rings. The van der Waals surface area contributed by atoms with Crippen molar-refractivity contribution in [2.45, 2.75) is 12.2 Å². The molecular weight excluding hydrogens is 258 g/mol. The van der Waals surface area contributed by atoms with Crippen molar-refractivity contribution >= 4 is 40.7 Å². The topological polar surface area (TPSA) is 53.8 Å². The van der Waals surface area contributed by atoms with E-state index in [0.29, 0.717) is 10.2 Å². The average Bonchev–Trinajstić information content (AvgIpc) is 2.61. The Bertz CT molecular complexity index is 501.